The largest absolute Gasteiger partial charge is 0.0616 e. The first-order chi connectivity index (χ1) is 27.8. The summed E-state index contributed by atoms with van der Waals surface area (Å²) in [7, 11) is 0. The van der Waals surface area contributed by atoms with Crippen molar-refractivity contribution in [2.45, 2.75) is 0 Å². The van der Waals surface area contributed by atoms with E-state index < -0.39 is 0 Å². The fourth-order valence-corrected chi connectivity index (χ4v) is 9.01. The van der Waals surface area contributed by atoms with Crippen LogP contribution in [0, 0.1) is 0 Å². The smallest absolute Gasteiger partial charge is 0.00141 e. The van der Waals surface area contributed by atoms with Crippen molar-refractivity contribution in [3.05, 3.63) is 218 Å². The zero-order chi connectivity index (χ0) is 37.0. The van der Waals surface area contributed by atoms with Crippen molar-refractivity contribution in [2.75, 3.05) is 0 Å². The third-order valence-electron chi connectivity index (χ3n) is 11.7. The van der Waals surface area contributed by atoms with E-state index in [9.17, 15) is 0 Å². The third-order valence-corrected chi connectivity index (χ3v) is 11.7. The van der Waals surface area contributed by atoms with Crippen LogP contribution in [0.25, 0.3) is 109 Å². The van der Waals surface area contributed by atoms with Gasteiger partial charge in [0, 0.05) is 0 Å². The van der Waals surface area contributed by atoms with Gasteiger partial charge in [-0.3, -0.25) is 0 Å². The lowest BCUT2D eigenvalue weighted by Gasteiger charge is -2.21. The van der Waals surface area contributed by atoms with Crippen LogP contribution >= 0.6 is 0 Å². The summed E-state index contributed by atoms with van der Waals surface area (Å²) in [5.74, 6) is 0. The molecule has 0 amide bonds. The first-order valence-electron chi connectivity index (χ1n) is 19.4. The van der Waals surface area contributed by atoms with E-state index in [0.717, 1.165) is 0 Å². The van der Waals surface area contributed by atoms with Crippen LogP contribution in [0.1, 0.15) is 0 Å². The molecular weight excluding hydrogens is 673 g/mol. The standard InChI is InChI=1S/C56H36/c1-2-15-44-36-45(35-28-37(44)12-1)38-26-33-43(34-27-38)54-51-20-7-8-21-52(51)55(50-24-10-17-40-14-4-6-19-48(40)50)53-25-11-23-49(56(53)54)42-31-29-41(30-32-42)47-22-9-16-39-13-3-5-18-46(39)47/h1-36H. The summed E-state index contributed by atoms with van der Waals surface area (Å²) >= 11 is 0. The summed E-state index contributed by atoms with van der Waals surface area (Å²) in [6.45, 7) is 0. The molecule has 0 saturated carbocycles. The molecule has 0 aliphatic carbocycles. The van der Waals surface area contributed by atoms with Crippen LogP contribution in [0.5, 0.6) is 0 Å². The fraction of sp³-hybridized carbons (Fsp3) is 0. The number of hydrogen-bond donors (Lipinski definition) is 0. The van der Waals surface area contributed by atoms with Gasteiger partial charge < -0.3 is 0 Å². The lowest BCUT2D eigenvalue weighted by atomic mass is 9.82. The van der Waals surface area contributed by atoms with Gasteiger partial charge in [0.05, 0.1) is 0 Å². The van der Waals surface area contributed by atoms with Crippen LogP contribution in [0.2, 0.25) is 0 Å². The Kier molecular flexibility index (Phi) is 7.60. The van der Waals surface area contributed by atoms with Gasteiger partial charge in [-0.2, -0.15) is 0 Å². The van der Waals surface area contributed by atoms with E-state index in [0.29, 0.717) is 0 Å². The highest BCUT2D eigenvalue weighted by atomic mass is 14.2. The lowest BCUT2D eigenvalue weighted by molar-refractivity contribution is 1.61. The fourth-order valence-electron chi connectivity index (χ4n) is 9.01. The topological polar surface area (TPSA) is 0 Å². The highest BCUT2D eigenvalue weighted by molar-refractivity contribution is 6.26. The predicted octanol–water partition coefficient (Wildman–Crippen LogP) is 15.8. The quantitative estimate of drug-likeness (QED) is 0.156. The number of hydrogen-bond acceptors (Lipinski definition) is 0. The molecule has 260 valence electrons. The molecule has 0 heteroatoms. The van der Waals surface area contributed by atoms with Gasteiger partial charge in [0.15, 0.2) is 0 Å². The Labute approximate surface area is 326 Å². The molecule has 56 heavy (non-hydrogen) atoms. The molecule has 11 aromatic rings. The van der Waals surface area contributed by atoms with Crippen LogP contribution < -0.4 is 0 Å². The van der Waals surface area contributed by atoms with Crippen LogP contribution in [0.4, 0.5) is 0 Å². The molecule has 0 aromatic heterocycles. The predicted molar refractivity (Wildman–Crippen MR) is 241 cm³/mol. The van der Waals surface area contributed by atoms with Crippen LogP contribution in [-0.2, 0) is 0 Å². The monoisotopic (exact) mass is 708 g/mol. The van der Waals surface area contributed by atoms with Crippen molar-refractivity contribution in [1.82, 2.24) is 0 Å². The SMILES string of the molecule is c1ccc2cc(-c3ccc(-c4c5ccccc5c(-c5cccc6ccccc56)c5cccc(-c6ccc(-c7cccc8ccccc78)cc6)c45)cc3)ccc2c1. The molecule has 0 bridgehead atoms. The summed E-state index contributed by atoms with van der Waals surface area (Å²) in [5, 5.41) is 12.6. The second-order valence-corrected chi connectivity index (χ2v) is 14.8. The van der Waals surface area contributed by atoms with Crippen molar-refractivity contribution in [1.29, 1.82) is 0 Å². The van der Waals surface area contributed by atoms with Crippen molar-refractivity contribution in [3.8, 4) is 55.6 Å². The van der Waals surface area contributed by atoms with Crippen molar-refractivity contribution in [2.24, 2.45) is 0 Å². The van der Waals surface area contributed by atoms with Gasteiger partial charge in [0.2, 0.25) is 0 Å². The summed E-state index contributed by atoms with van der Waals surface area (Å²) in [6, 6.07) is 80.4. The minimum atomic E-state index is 1.20. The minimum absolute atomic E-state index is 1.20. The molecular formula is C56H36. The molecule has 0 aliphatic heterocycles. The highest BCUT2D eigenvalue weighted by Gasteiger charge is 2.21. The first kappa shape index (κ1) is 32.2. The highest BCUT2D eigenvalue weighted by Crippen LogP contribution is 2.48. The Balaban J connectivity index is 1.16. The van der Waals surface area contributed by atoms with Crippen LogP contribution in [0.3, 0.4) is 0 Å². The average molecular weight is 709 g/mol. The van der Waals surface area contributed by atoms with Gasteiger partial charge >= 0.3 is 0 Å². The molecule has 0 fully saturated rings. The summed E-state index contributed by atoms with van der Waals surface area (Å²) < 4.78 is 0. The molecule has 11 aromatic carbocycles. The molecule has 0 radical (unpaired) electrons. The van der Waals surface area contributed by atoms with E-state index in [1.165, 1.54) is 109 Å². The van der Waals surface area contributed by atoms with Gasteiger partial charge in [-0.1, -0.05) is 212 Å². The van der Waals surface area contributed by atoms with E-state index in [1.54, 1.807) is 0 Å². The van der Waals surface area contributed by atoms with E-state index >= 15 is 0 Å². The Morgan fingerprint density at radius 3 is 1.32 bits per heavy atom. The van der Waals surface area contributed by atoms with Gasteiger partial charge in [-0.25, -0.2) is 0 Å². The third kappa shape index (κ3) is 5.30. The number of rotatable bonds is 5. The Morgan fingerprint density at radius 1 is 0.196 bits per heavy atom. The maximum Gasteiger partial charge on any atom is -0.00141 e. The molecule has 0 unspecified atom stereocenters. The summed E-state index contributed by atoms with van der Waals surface area (Å²) in [4.78, 5) is 0. The zero-order valence-electron chi connectivity index (χ0n) is 30.8. The van der Waals surface area contributed by atoms with Gasteiger partial charge in [0.25, 0.3) is 0 Å². The van der Waals surface area contributed by atoms with E-state index in [-0.39, 0.29) is 0 Å². The first-order valence-corrected chi connectivity index (χ1v) is 19.4. The molecule has 0 N–H and O–H groups in total. The lowest BCUT2D eigenvalue weighted by Crippen LogP contribution is -1.94. The molecule has 0 saturated heterocycles. The molecule has 0 heterocycles. The number of benzene rings is 11. The Hall–Kier alpha value is -7.28. The average Bonchev–Trinajstić information content (AvgIpc) is 3.27. The summed E-state index contributed by atoms with van der Waals surface area (Å²) in [6.07, 6.45) is 0. The second-order valence-electron chi connectivity index (χ2n) is 14.8. The zero-order valence-corrected chi connectivity index (χ0v) is 30.8. The van der Waals surface area contributed by atoms with Crippen molar-refractivity contribution >= 4 is 53.9 Å². The molecule has 11 rings (SSSR count). The molecule has 0 nitrogen and oxygen atoms in total. The number of fused-ring (bicyclic) bond motifs is 5. The molecule has 0 spiro atoms. The van der Waals surface area contributed by atoms with E-state index in [1.807, 2.05) is 0 Å². The molecule has 0 atom stereocenters. The Morgan fingerprint density at radius 2 is 0.625 bits per heavy atom. The molecule has 0 aliphatic rings. The minimum Gasteiger partial charge on any atom is -0.0616 e. The second kappa shape index (κ2) is 13.2. The Bertz CT molecular complexity index is 3270. The van der Waals surface area contributed by atoms with E-state index in [4.69, 9.17) is 0 Å². The van der Waals surface area contributed by atoms with Crippen molar-refractivity contribution < 1.29 is 0 Å². The van der Waals surface area contributed by atoms with Crippen LogP contribution in [-0.4, -0.2) is 0 Å². The van der Waals surface area contributed by atoms with E-state index in [2.05, 4.69) is 218 Å². The van der Waals surface area contributed by atoms with Gasteiger partial charge in [0.1, 0.15) is 0 Å². The van der Waals surface area contributed by atoms with Crippen molar-refractivity contribution in [3.63, 3.8) is 0 Å². The van der Waals surface area contributed by atoms with Gasteiger partial charge in [-0.05, 0) is 116 Å². The maximum atomic E-state index is 2.33. The summed E-state index contributed by atoms with van der Waals surface area (Å²) in [5.41, 5.74) is 12.3. The normalized spacial score (nSPS) is 11.6. The van der Waals surface area contributed by atoms with Gasteiger partial charge in [-0.15, -0.1) is 0 Å². The van der Waals surface area contributed by atoms with Crippen LogP contribution in [0.15, 0.2) is 218 Å². The maximum absolute atomic E-state index is 2.33.